The number of rotatable bonds is 4. The second-order valence-corrected chi connectivity index (χ2v) is 7.65. The minimum absolute atomic E-state index is 0.00975. The maximum atomic E-state index is 12.4. The second kappa shape index (κ2) is 6.94. The molecule has 126 valence electrons. The van der Waals surface area contributed by atoms with E-state index in [-0.39, 0.29) is 12.2 Å². The molecule has 0 atom stereocenters. The highest BCUT2D eigenvalue weighted by atomic mass is 32.2. The van der Waals surface area contributed by atoms with Gasteiger partial charge in [0.1, 0.15) is 12.4 Å². The van der Waals surface area contributed by atoms with Crippen molar-refractivity contribution in [2.45, 2.75) is 12.7 Å². The largest absolute Gasteiger partial charge is 0.489 e. The summed E-state index contributed by atoms with van der Waals surface area (Å²) in [5.41, 5.74) is 0.466. The number of para-hydroxylation sites is 1. The first-order chi connectivity index (χ1) is 11.5. The van der Waals surface area contributed by atoms with Crippen molar-refractivity contribution in [1.29, 1.82) is 0 Å². The van der Waals surface area contributed by atoms with Crippen molar-refractivity contribution < 1.29 is 23.8 Å². The van der Waals surface area contributed by atoms with Crippen molar-refractivity contribution in [1.82, 2.24) is 0 Å². The molecule has 2 aliphatic rings. The van der Waals surface area contributed by atoms with Gasteiger partial charge in [-0.2, -0.15) is 0 Å². The average Bonchev–Trinajstić information content (AvgIpc) is 3.06. The van der Waals surface area contributed by atoms with Gasteiger partial charge in [0.25, 0.3) is 5.79 Å². The fraction of sp³-hybridized carbons (Fsp3) is 0.294. The lowest BCUT2D eigenvalue weighted by atomic mass is 10.0. The summed E-state index contributed by atoms with van der Waals surface area (Å²) >= 11 is 2.94. The smallest absolute Gasteiger partial charge is 0.350 e. The van der Waals surface area contributed by atoms with Gasteiger partial charge in [0, 0.05) is 18.4 Å². The molecule has 0 radical (unpaired) electrons. The Labute approximate surface area is 148 Å². The number of carbonyl (C=O) groups is 2. The molecule has 3 rings (SSSR count). The van der Waals surface area contributed by atoms with Crippen molar-refractivity contribution in [3.05, 3.63) is 52.3 Å². The molecule has 0 N–H and O–H groups in total. The summed E-state index contributed by atoms with van der Waals surface area (Å²) in [5.74, 6) is -0.655. The van der Waals surface area contributed by atoms with Crippen LogP contribution in [0.3, 0.4) is 0 Å². The first kappa shape index (κ1) is 17.0. The fourth-order valence-electron chi connectivity index (χ4n) is 2.41. The van der Waals surface area contributed by atoms with Crippen LogP contribution in [0.1, 0.15) is 12.5 Å². The maximum Gasteiger partial charge on any atom is 0.350 e. The van der Waals surface area contributed by atoms with Gasteiger partial charge in [0.05, 0.1) is 9.80 Å². The molecule has 2 saturated heterocycles. The van der Waals surface area contributed by atoms with Crippen LogP contribution in [-0.4, -0.2) is 30.1 Å². The van der Waals surface area contributed by atoms with Crippen LogP contribution in [-0.2, 0) is 24.8 Å². The molecule has 2 aliphatic heterocycles. The number of hydrogen-bond donors (Lipinski definition) is 0. The van der Waals surface area contributed by atoms with E-state index in [1.807, 2.05) is 0 Å². The molecule has 24 heavy (non-hydrogen) atoms. The van der Waals surface area contributed by atoms with E-state index in [2.05, 4.69) is 6.58 Å². The van der Waals surface area contributed by atoms with Crippen molar-refractivity contribution in [2.24, 2.45) is 0 Å². The first-order valence-electron chi connectivity index (χ1n) is 7.35. The van der Waals surface area contributed by atoms with E-state index < -0.39 is 17.7 Å². The summed E-state index contributed by atoms with van der Waals surface area (Å²) in [5, 5.41) is 0. The molecule has 0 amide bonds. The van der Waals surface area contributed by atoms with Gasteiger partial charge in [-0.05, 0) is 12.1 Å². The van der Waals surface area contributed by atoms with Gasteiger partial charge in [-0.25, -0.2) is 9.59 Å². The number of cyclic esters (lactones) is 2. The van der Waals surface area contributed by atoms with Crippen LogP contribution in [0.25, 0.3) is 0 Å². The number of benzene rings is 1. The average molecular weight is 364 g/mol. The van der Waals surface area contributed by atoms with Gasteiger partial charge in [-0.15, -0.1) is 23.5 Å². The van der Waals surface area contributed by atoms with Gasteiger partial charge < -0.3 is 14.2 Å². The maximum absolute atomic E-state index is 12.4. The number of ether oxygens (including phenoxy) is 3. The third-order valence-corrected chi connectivity index (χ3v) is 6.18. The van der Waals surface area contributed by atoms with E-state index >= 15 is 0 Å². The van der Waals surface area contributed by atoms with E-state index in [0.717, 1.165) is 11.5 Å². The zero-order valence-corrected chi connectivity index (χ0v) is 14.7. The molecule has 0 aliphatic carbocycles. The summed E-state index contributed by atoms with van der Waals surface area (Å²) in [6.45, 7) is 5.43. The monoisotopic (exact) mass is 364 g/mol. The number of carbonyl (C=O) groups excluding carboxylic acids is 2. The normalized spacial score (nSPS) is 23.7. The Bertz CT molecular complexity index is 697. The number of esters is 2. The predicted molar refractivity (Wildman–Crippen MR) is 93.6 cm³/mol. The van der Waals surface area contributed by atoms with Crippen LogP contribution in [0.4, 0.5) is 0 Å². The third kappa shape index (κ3) is 3.18. The van der Waals surface area contributed by atoms with E-state index in [1.165, 1.54) is 30.4 Å². The molecule has 0 bridgehead atoms. The molecule has 1 aromatic rings. The summed E-state index contributed by atoms with van der Waals surface area (Å²) in [7, 11) is 0. The lowest BCUT2D eigenvalue weighted by Crippen LogP contribution is -2.42. The SMILES string of the molecule is C=CCOc1ccccc1C1(C)OC(=O)C(=C2SCCS2)C(=O)O1. The van der Waals surface area contributed by atoms with Gasteiger partial charge in [0.2, 0.25) is 0 Å². The Morgan fingerprint density at radius 2 is 1.83 bits per heavy atom. The zero-order valence-electron chi connectivity index (χ0n) is 13.1. The van der Waals surface area contributed by atoms with Gasteiger partial charge in [-0.1, -0.05) is 24.8 Å². The van der Waals surface area contributed by atoms with E-state index in [0.29, 0.717) is 15.6 Å². The van der Waals surface area contributed by atoms with Crippen LogP contribution < -0.4 is 4.74 Å². The quantitative estimate of drug-likeness (QED) is 0.352. The summed E-state index contributed by atoms with van der Waals surface area (Å²) in [6, 6.07) is 6.98. The molecule has 5 nitrogen and oxygen atoms in total. The number of hydrogen-bond acceptors (Lipinski definition) is 7. The first-order valence-corrected chi connectivity index (χ1v) is 9.32. The second-order valence-electron chi connectivity index (χ2n) is 5.18. The minimum atomic E-state index is -1.52. The molecule has 0 spiro atoms. The Balaban J connectivity index is 1.93. The molecule has 7 heteroatoms. The summed E-state index contributed by atoms with van der Waals surface area (Å²) < 4.78 is 17.3. The molecule has 0 saturated carbocycles. The lowest BCUT2D eigenvalue weighted by Gasteiger charge is -2.34. The number of thioether (sulfide) groups is 2. The highest BCUT2D eigenvalue weighted by Crippen LogP contribution is 2.44. The molecule has 0 unspecified atom stereocenters. The van der Waals surface area contributed by atoms with Crippen molar-refractivity contribution in [2.75, 3.05) is 18.1 Å². The Morgan fingerprint density at radius 1 is 1.21 bits per heavy atom. The standard InChI is InChI=1S/C17H16O5S2/c1-3-8-20-12-7-5-4-6-11(12)17(2)21-14(18)13(15(19)22-17)16-23-9-10-24-16/h3-7H,1,8-10H2,2H3. The van der Waals surface area contributed by atoms with E-state index in [1.54, 1.807) is 30.3 Å². The molecular formula is C17H16O5S2. The summed E-state index contributed by atoms with van der Waals surface area (Å²) in [4.78, 5) is 24.9. The predicted octanol–water partition coefficient (Wildman–Crippen LogP) is 3.22. The van der Waals surface area contributed by atoms with E-state index in [4.69, 9.17) is 14.2 Å². The molecule has 2 fully saturated rings. The van der Waals surface area contributed by atoms with Gasteiger partial charge in [0.15, 0.2) is 5.57 Å². The van der Waals surface area contributed by atoms with Gasteiger partial charge in [-0.3, -0.25) is 0 Å². The van der Waals surface area contributed by atoms with Crippen molar-refractivity contribution >= 4 is 35.5 Å². The third-order valence-electron chi connectivity index (χ3n) is 3.47. The molecule has 0 aromatic heterocycles. The molecular weight excluding hydrogens is 348 g/mol. The zero-order chi connectivity index (χ0) is 17.2. The molecule has 1 aromatic carbocycles. The fourth-order valence-corrected chi connectivity index (χ4v) is 4.90. The Hall–Kier alpha value is -1.86. The Morgan fingerprint density at radius 3 is 2.46 bits per heavy atom. The minimum Gasteiger partial charge on any atom is -0.489 e. The topological polar surface area (TPSA) is 61.8 Å². The summed E-state index contributed by atoms with van der Waals surface area (Å²) in [6.07, 6.45) is 1.61. The van der Waals surface area contributed by atoms with Crippen molar-refractivity contribution in [3.63, 3.8) is 0 Å². The van der Waals surface area contributed by atoms with E-state index in [9.17, 15) is 9.59 Å². The van der Waals surface area contributed by atoms with Crippen LogP contribution in [0.15, 0.2) is 46.7 Å². The van der Waals surface area contributed by atoms with Gasteiger partial charge >= 0.3 is 11.9 Å². The highest BCUT2D eigenvalue weighted by molar-refractivity contribution is 8.25. The lowest BCUT2D eigenvalue weighted by molar-refractivity contribution is -0.234. The molecule has 2 heterocycles. The Kier molecular flexibility index (Phi) is 4.91. The van der Waals surface area contributed by atoms with Crippen molar-refractivity contribution in [3.8, 4) is 5.75 Å². The van der Waals surface area contributed by atoms with Crippen LogP contribution in [0.5, 0.6) is 5.75 Å². The van der Waals surface area contributed by atoms with Crippen LogP contribution >= 0.6 is 23.5 Å². The highest BCUT2D eigenvalue weighted by Gasteiger charge is 2.47. The van der Waals surface area contributed by atoms with Crippen LogP contribution in [0, 0.1) is 0 Å². The van der Waals surface area contributed by atoms with Crippen LogP contribution in [0.2, 0.25) is 0 Å².